The fourth-order valence-electron chi connectivity index (χ4n) is 1.73. The first-order valence-electron chi connectivity index (χ1n) is 5.25. The van der Waals surface area contributed by atoms with Crippen molar-refractivity contribution in [2.75, 3.05) is 38.5 Å². The summed E-state index contributed by atoms with van der Waals surface area (Å²) in [7, 11) is 0. The van der Waals surface area contributed by atoms with Gasteiger partial charge in [-0.15, -0.1) is 6.42 Å². The lowest BCUT2D eigenvalue weighted by atomic mass is 10.2. The number of carbonyl (C=O) groups excluding carboxylic acids is 1. The second-order valence-electron chi connectivity index (χ2n) is 3.77. The molecule has 7 heteroatoms. The van der Waals surface area contributed by atoms with Crippen LogP contribution >= 0.6 is 0 Å². The Hall–Kier alpha value is -2.07. The summed E-state index contributed by atoms with van der Waals surface area (Å²) < 4.78 is 4.41. The number of nitrogens with zero attached hydrogens (tertiary/aromatic N) is 4. The third kappa shape index (κ3) is 2.37. The summed E-state index contributed by atoms with van der Waals surface area (Å²) in [6, 6.07) is 0. The molecule has 0 bridgehead atoms. The number of terminal acetylenes is 1. The predicted octanol–water partition coefficient (Wildman–Crippen LogP) is -0.957. The molecule has 17 heavy (non-hydrogen) atoms. The molecular weight excluding hydrogens is 222 g/mol. The lowest BCUT2D eigenvalue weighted by Gasteiger charge is -2.33. The van der Waals surface area contributed by atoms with Crippen LogP contribution in [0.2, 0.25) is 0 Å². The normalized spacial score (nSPS) is 16.8. The fraction of sp³-hybridized carbons (Fsp3) is 0.500. The van der Waals surface area contributed by atoms with Gasteiger partial charge in [-0.25, -0.2) is 4.63 Å². The summed E-state index contributed by atoms with van der Waals surface area (Å²) in [4.78, 5) is 15.7. The molecule has 1 fully saturated rings. The molecule has 2 rings (SSSR count). The van der Waals surface area contributed by atoms with Gasteiger partial charge in [0.25, 0.3) is 5.91 Å². The maximum Gasteiger partial charge on any atom is 0.280 e. The number of hydrogen-bond acceptors (Lipinski definition) is 6. The van der Waals surface area contributed by atoms with E-state index >= 15 is 0 Å². The number of anilines is 1. The zero-order valence-electron chi connectivity index (χ0n) is 9.30. The molecule has 1 amide bonds. The molecular formula is C10H13N5O2. The minimum atomic E-state index is -0.246. The Bertz CT molecular complexity index is 442. The van der Waals surface area contributed by atoms with E-state index in [-0.39, 0.29) is 17.4 Å². The molecule has 1 saturated heterocycles. The number of rotatable bonds is 2. The van der Waals surface area contributed by atoms with Crippen molar-refractivity contribution < 1.29 is 9.42 Å². The van der Waals surface area contributed by atoms with Gasteiger partial charge >= 0.3 is 0 Å². The number of aromatic nitrogens is 2. The highest BCUT2D eigenvalue weighted by atomic mass is 16.6. The van der Waals surface area contributed by atoms with Gasteiger partial charge in [-0.05, 0) is 10.3 Å². The zero-order valence-corrected chi connectivity index (χ0v) is 9.30. The zero-order chi connectivity index (χ0) is 12.3. The van der Waals surface area contributed by atoms with E-state index in [1.807, 2.05) is 0 Å². The topological polar surface area (TPSA) is 88.5 Å². The van der Waals surface area contributed by atoms with Crippen LogP contribution in [0.5, 0.6) is 0 Å². The Balaban J connectivity index is 1.96. The van der Waals surface area contributed by atoms with Gasteiger partial charge in [-0.3, -0.25) is 9.69 Å². The first kappa shape index (κ1) is 11.4. The van der Waals surface area contributed by atoms with Crippen molar-refractivity contribution in [2.45, 2.75) is 0 Å². The van der Waals surface area contributed by atoms with Gasteiger partial charge in [0.2, 0.25) is 11.5 Å². The molecule has 2 N–H and O–H groups in total. The van der Waals surface area contributed by atoms with Crippen molar-refractivity contribution in [2.24, 2.45) is 0 Å². The van der Waals surface area contributed by atoms with Crippen molar-refractivity contribution in [3.05, 3.63) is 5.69 Å². The summed E-state index contributed by atoms with van der Waals surface area (Å²) >= 11 is 0. The summed E-state index contributed by atoms with van der Waals surface area (Å²) in [5.41, 5.74) is 5.55. The average molecular weight is 235 g/mol. The summed E-state index contributed by atoms with van der Waals surface area (Å²) in [6.07, 6.45) is 5.23. The summed E-state index contributed by atoms with van der Waals surface area (Å²) in [6.45, 7) is 3.32. The van der Waals surface area contributed by atoms with Crippen molar-refractivity contribution in [1.82, 2.24) is 20.1 Å². The van der Waals surface area contributed by atoms with Gasteiger partial charge in [0.15, 0.2) is 0 Å². The smallest absolute Gasteiger partial charge is 0.280 e. The monoisotopic (exact) mass is 235 g/mol. The first-order chi connectivity index (χ1) is 8.22. The van der Waals surface area contributed by atoms with E-state index in [4.69, 9.17) is 12.2 Å². The Morgan fingerprint density at radius 3 is 2.65 bits per heavy atom. The highest BCUT2D eigenvalue weighted by molar-refractivity contribution is 5.96. The quantitative estimate of drug-likeness (QED) is 0.664. The van der Waals surface area contributed by atoms with Crippen molar-refractivity contribution in [3.63, 3.8) is 0 Å². The van der Waals surface area contributed by atoms with Crippen LogP contribution in [0.25, 0.3) is 0 Å². The molecule has 1 aliphatic heterocycles. The SMILES string of the molecule is C#CCN1CCN(C(=O)c2nonc2N)CC1. The highest BCUT2D eigenvalue weighted by Crippen LogP contribution is 2.10. The van der Waals surface area contributed by atoms with Crippen LogP contribution in [0.1, 0.15) is 10.5 Å². The summed E-state index contributed by atoms with van der Waals surface area (Å²) in [5, 5.41) is 6.88. The van der Waals surface area contributed by atoms with Gasteiger partial charge < -0.3 is 10.6 Å². The molecule has 0 radical (unpaired) electrons. The van der Waals surface area contributed by atoms with Crippen LogP contribution in [0.15, 0.2) is 4.63 Å². The standard InChI is InChI=1S/C10H13N5O2/c1-2-3-14-4-6-15(7-5-14)10(16)8-9(11)13-17-12-8/h1H,3-7H2,(H2,11,13). The minimum absolute atomic E-state index is 0.0288. The van der Waals surface area contributed by atoms with Crippen LogP contribution in [0.3, 0.4) is 0 Å². The molecule has 0 aliphatic carbocycles. The number of nitrogen functional groups attached to an aromatic ring is 1. The maximum absolute atomic E-state index is 12.0. The molecule has 1 aliphatic rings. The Morgan fingerprint density at radius 2 is 2.12 bits per heavy atom. The van der Waals surface area contributed by atoms with Gasteiger partial charge in [-0.2, -0.15) is 0 Å². The lowest BCUT2D eigenvalue weighted by Crippen LogP contribution is -2.48. The van der Waals surface area contributed by atoms with Crippen LogP contribution in [-0.4, -0.2) is 58.7 Å². The average Bonchev–Trinajstić information content (AvgIpc) is 2.76. The van der Waals surface area contributed by atoms with E-state index in [2.05, 4.69) is 25.8 Å². The lowest BCUT2D eigenvalue weighted by molar-refractivity contribution is 0.0642. The van der Waals surface area contributed by atoms with Gasteiger partial charge in [0, 0.05) is 26.2 Å². The van der Waals surface area contributed by atoms with E-state index < -0.39 is 0 Å². The third-order valence-electron chi connectivity index (χ3n) is 2.69. The fourth-order valence-corrected chi connectivity index (χ4v) is 1.73. The van der Waals surface area contributed by atoms with Crippen molar-refractivity contribution >= 4 is 11.7 Å². The Kier molecular flexibility index (Phi) is 3.25. The molecule has 0 aromatic carbocycles. The van der Waals surface area contributed by atoms with Gasteiger partial charge in [0.05, 0.1) is 6.54 Å². The molecule has 2 heterocycles. The molecule has 0 unspecified atom stereocenters. The highest BCUT2D eigenvalue weighted by Gasteiger charge is 2.25. The second-order valence-corrected chi connectivity index (χ2v) is 3.77. The predicted molar refractivity (Wildman–Crippen MR) is 59.9 cm³/mol. The van der Waals surface area contributed by atoms with Crippen molar-refractivity contribution in [3.8, 4) is 12.3 Å². The second kappa shape index (κ2) is 4.84. The molecule has 0 atom stereocenters. The molecule has 7 nitrogen and oxygen atoms in total. The van der Waals surface area contributed by atoms with E-state index in [1.165, 1.54) is 0 Å². The van der Waals surface area contributed by atoms with E-state index in [9.17, 15) is 4.79 Å². The number of nitrogens with two attached hydrogens (primary N) is 1. The van der Waals surface area contributed by atoms with Crippen LogP contribution in [0, 0.1) is 12.3 Å². The number of hydrogen-bond donors (Lipinski definition) is 1. The van der Waals surface area contributed by atoms with Crippen molar-refractivity contribution in [1.29, 1.82) is 0 Å². The number of amides is 1. The first-order valence-corrected chi connectivity index (χ1v) is 5.25. The van der Waals surface area contributed by atoms with E-state index in [0.29, 0.717) is 19.6 Å². The van der Waals surface area contributed by atoms with Gasteiger partial charge in [-0.1, -0.05) is 5.92 Å². The Labute approximate surface area is 98.5 Å². The number of piperazine rings is 1. The summed E-state index contributed by atoms with van der Waals surface area (Å²) in [5.74, 6) is 2.37. The van der Waals surface area contributed by atoms with Crippen LogP contribution in [-0.2, 0) is 0 Å². The van der Waals surface area contributed by atoms with Crippen LogP contribution in [0.4, 0.5) is 5.82 Å². The molecule has 1 aromatic rings. The van der Waals surface area contributed by atoms with Gasteiger partial charge in [0.1, 0.15) is 0 Å². The largest absolute Gasteiger partial charge is 0.379 e. The molecule has 0 saturated carbocycles. The van der Waals surface area contributed by atoms with E-state index in [1.54, 1.807) is 4.90 Å². The minimum Gasteiger partial charge on any atom is -0.379 e. The van der Waals surface area contributed by atoms with E-state index in [0.717, 1.165) is 13.1 Å². The maximum atomic E-state index is 12.0. The number of carbonyl (C=O) groups is 1. The Morgan fingerprint density at radius 1 is 1.41 bits per heavy atom. The third-order valence-corrected chi connectivity index (χ3v) is 2.69. The van der Waals surface area contributed by atoms with Crippen LogP contribution < -0.4 is 5.73 Å². The molecule has 0 spiro atoms. The molecule has 90 valence electrons. The molecule has 1 aromatic heterocycles.